The van der Waals surface area contributed by atoms with E-state index in [0.717, 1.165) is 32.2 Å². The molecule has 0 heterocycles. The van der Waals surface area contributed by atoms with Crippen LogP contribution in [0.3, 0.4) is 0 Å². The van der Waals surface area contributed by atoms with E-state index in [0.29, 0.717) is 12.6 Å². The van der Waals surface area contributed by atoms with Gasteiger partial charge >= 0.3 is 0 Å². The van der Waals surface area contributed by atoms with Crippen molar-refractivity contribution in [2.45, 2.75) is 51.2 Å². The maximum Gasteiger partial charge on any atom is 0.233 e. The molecule has 0 aromatic carbocycles. The first-order chi connectivity index (χ1) is 7.77. The van der Waals surface area contributed by atoms with Gasteiger partial charge in [0, 0.05) is 19.7 Å². The monoisotopic (exact) mass is 228 g/mol. The molecule has 0 aromatic rings. The summed E-state index contributed by atoms with van der Waals surface area (Å²) in [6.45, 7) is 3.32. The van der Waals surface area contributed by atoms with Crippen molar-refractivity contribution in [3.63, 3.8) is 0 Å². The number of carbonyl (C=O) groups is 1. The number of hydrogen-bond donors (Lipinski definition) is 2. The van der Waals surface area contributed by atoms with Gasteiger partial charge < -0.3 is 15.4 Å². The summed E-state index contributed by atoms with van der Waals surface area (Å²) in [5.41, 5.74) is 0. The molecule has 2 N–H and O–H groups in total. The largest absolute Gasteiger partial charge is 0.380 e. The third-order valence-corrected chi connectivity index (χ3v) is 3.13. The second-order valence-corrected chi connectivity index (χ2v) is 4.40. The molecule has 4 heteroatoms. The Labute approximate surface area is 98.1 Å². The molecule has 0 aromatic heterocycles. The highest BCUT2D eigenvalue weighted by atomic mass is 16.5. The lowest BCUT2D eigenvalue weighted by Gasteiger charge is -2.19. The molecule has 1 amide bonds. The predicted octanol–water partition coefficient (Wildman–Crippen LogP) is 1.06. The van der Waals surface area contributed by atoms with Crippen LogP contribution < -0.4 is 10.6 Å². The fourth-order valence-electron chi connectivity index (χ4n) is 2.13. The van der Waals surface area contributed by atoms with Gasteiger partial charge in [0.15, 0.2) is 0 Å². The first-order valence-corrected chi connectivity index (χ1v) is 6.30. The highest BCUT2D eigenvalue weighted by Crippen LogP contribution is 2.21. The summed E-state index contributed by atoms with van der Waals surface area (Å²) in [6, 6.07) is 0.349. The van der Waals surface area contributed by atoms with Crippen molar-refractivity contribution < 1.29 is 9.53 Å². The van der Waals surface area contributed by atoms with Crippen LogP contribution >= 0.6 is 0 Å². The summed E-state index contributed by atoms with van der Waals surface area (Å²) in [5.74, 6) is 0.0928. The number of carbonyl (C=O) groups excluding carboxylic acids is 1. The quantitative estimate of drug-likeness (QED) is 0.641. The number of unbranched alkanes of at least 4 members (excludes halogenated alkanes) is 1. The SMILES string of the molecule is CCCCNC(=O)CNC1CCCC1OC. The molecule has 0 radical (unpaired) electrons. The van der Waals surface area contributed by atoms with Gasteiger partial charge in [0.05, 0.1) is 12.6 Å². The van der Waals surface area contributed by atoms with Gasteiger partial charge in [0.1, 0.15) is 0 Å². The molecule has 2 atom stereocenters. The topological polar surface area (TPSA) is 50.4 Å². The Balaban J connectivity index is 2.11. The number of ether oxygens (including phenoxy) is 1. The Kier molecular flexibility index (Phi) is 6.42. The average Bonchev–Trinajstić information content (AvgIpc) is 2.74. The molecule has 4 nitrogen and oxygen atoms in total. The van der Waals surface area contributed by atoms with E-state index in [-0.39, 0.29) is 12.0 Å². The Morgan fingerprint density at radius 2 is 2.25 bits per heavy atom. The van der Waals surface area contributed by atoms with Crippen molar-refractivity contribution in [3.05, 3.63) is 0 Å². The molecule has 0 bridgehead atoms. The van der Waals surface area contributed by atoms with Gasteiger partial charge in [0.2, 0.25) is 5.91 Å². The molecular formula is C12H24N2O2. The van der Waals surface area contributed by atoms with Gasteiger partial charge in [0.25, 0.3) is 0 Å². The van der Waals surface area contributed by atoms with Gasteiger partial charge in [-0.3, -0.25) is 4.79 Å². The molecule has 94 valence electrons. The minimum atomic E-state index is 0.0928. The van der Waals surface area contributed by atoms with E-state index in [1.807, 2.05) is 0 Å². The first-order valence-electron chi connectivity index (χ1n) is 6.30. The Hall–Kier alpha value is -0.610. The van der Waals surface area contributed by atoms with Crippen LogP contribution in [0.15, 0.2) is 0 Å². The summed E-state index contributed by atoms with van der Waals surface area (Å²) in [4.78, 5) is 11.5. The number of amides is 1. The van der Waals surface area contributed by atoms with E-state index in [2.05, 4.69) is 17.6 Å². The lowest BCUT2D eigenvalue weighted by atomic mass is 10.2. The number of rotatable bonds is 7. The first kappa shape index (κ1) is 13.5. The molecular weight excluding hydrogens is 204 g/mol. The molecule has 1 aliphatic rings. The molecule has 0 aliphatic heterocycles. The van der Waals surface area contributed by atoms with Gasteiger partial charge in [-0.1, -0.05) is 13.3 Å². The van der Waals surface area contributed by atoms with Gasteiger partial charge in [-0.2, -0.15) is 0 Å². The van der Waals surface area contributed by atoms with Crippen LogP contribution in [-0.4, -0.2) is 38.3 Å². The van der Waals surface area contributed by atoms with Crippen molar-refractivity contribution in [3.8, 4) is 0 Å². The molecule has 16 heavy (non-hydrogen) atoms. The van der Waals surface area contributed by atoms with Crippen molar-refractivity contribution in [2.75, 3.05) is 20.2 Å². The lowest BCUT2D eigenvalue weighted by Crippen LogP contribution is -2.43. The second-order valence-electron chi connectivity index (χ2n) is 4.40. The van der Waals surface area contributed by atoms with Crippen LogP contribution in [0.25, 0.3) is 0 Å². The minimum Gasteiger partial charge on any atom is -0.380 e. The van der Waals surface area contributed by atoms with Crippen LogP contribution in [0.5, 0.6) is 0 Å². The number of hydrogen-bond acceptors (Lipinski definition) is 3. The van der Waals surface area contributed by atoms with Crippen molar-refractivity contribution in [1.82, 2.24) is 10.6 Å². The minimum absolute atomic E-state index is 0.0928. The highest BCUT2D eigenvalue weighted by molar-refractivity contribution is 5.77. The Morgan fingerprint density at radius 1 is 1.44 bits per heavy atom. The Morgan fingerprint density at radius 3 is 2.94 bits per heavy atom. The normalized spacial score (nSPS) is 24.6. The van der Waals surface area contributed by atoms with Gasteiger partial charge in [-0.25, -0.2) is 0 Å². The summed E-state index contributed by atoms with van der Waals surface area (Å²) >= 11 is 0. The molecule has 0 saturated heterocycles. The summed E-state index contributed by atoms with van der Waals surface area (Å²) in [7, 11) is 1.74. The van der Waals surface area contributed by atoms with E-state index < -0.39 is 0 Å². The van der Waals surface area contributed by atoms with Crippen LogP contribution in [-0.2, 0) is 9.53 Å². The van der Waals surface area contributed by atoms with Crippen LogP contribution in [0.2, 0.25) is 0 Å². The third kappa shape index (κ3) is 4.49. The molecule has 1 fully saturated rings. The van der Waals surface area contributed by atoms with Gasteiger partial charge in [-0.05, 0) is 25.7 Å². The number of methoxy groups -OCH3 is 1. The molecule has 1 aliphatic carbocycles. The van der Waals surface area contributed by atoms with Crippen molar-refractivity contribution >= 4 is 5.91 Å². The maximum atomic E-state index is 11.5. The van der Waals surface area contributed by atoms with Crippen LogP contribution in [0, 0.1) is 0 Å². The molecule has 1 saturated carbocycles. The van der Waals surface area contributed by atoms with Crippen molar-refractivity contribution in [1.29, 1.82) is 0 Å². The third-order valence-electron chi connectivity index (χ3n) is 3.13. The second kappa shape index (κ2) is 7.63. The summed E-state index contributed by atoms with van der Waals surface area (Å²) < 4.78 is 5.36. The van der Waals surface area contributed by atoms with E-state index in [1.165, 1.54) is 6.42 Å². The highest BCUT2D eigenvalue weighted by Gasteiger charge is 2.26. The van der Waals surface area contributed by atoms with Crippen LogP contribution in [0.1, 0.15) is 39.0 Å². The fraction of sp³-hybridized carbons (Fsp3) is 0.917. The fourth-order valence-corrected chi connectivity index (χ4v) is 2.13. The summed E-state index contributed by atoms with van der Waals surface area (Å²) in [6.07, 6.45) is 5.85. The number of nitrogens with one attached hydrogen (secondary N) is 2. The van der Waals surface area contributed by atoms with E-state index in [9.17, 15) is 4.79 Å². The van der Waals surface area contributed by atoms with Crippen molar-refractivity contribution in [2.24, 2.45) is 0 Å². The average molecular weight is 228 g/mol. The standard InChI is InChI=1S/C12H24N2O2/c1-3-4-8-13-12(15)9-14-10-6-5-7-11(10)16-2/h10-11,14H,3-9H2,1-2H3,(H,13,15). The Bertz CT molecular complexity index is 209. The zero-order valence-electron chi connectivity index (χ0n) is 10.4. The molecule has 1 rings (SSSR count). The zero-order valence-corrected chi connectivity index (χ0v) is 10.4. The zero-order chi connectivity index (χ0) is 11.8. The molecule has 0 spiro atoms. The van der Waals surface area contributed by atoms with Gasteiger partial charge in [-0.15, -0.1) is 0 Å². The maximum absolute atomic E-state index is 11.5. The predicted molar refractivity (Wildman–Crippen MR) is 64.4 cm³/mol. The van der Waals surface area contributed by atoms with Crippen LogP contribution in [0.4, 0.5) is 0 Å². The van der Waals surface area contributed by atoms with E-state index in [4.69, 9.17) is 4.74 Å². The van der Waals surface area contributed by atoms with E-state index >= 15 is 0 Å². The summed E-state index contributed by atoms with van der Waals surface area (Å²) in [5, 5.41) is 6.17. The lowest BCUT2D eigenvalue weighted by molar-refractivity contribution is -0.120. The van der Waals surface area contributed by atoms with E-state index in [1.54, 1.807) is 7.11 Å². The smallest absolute Gasteiger partial charge is 0.233 e. The molecule has 2 unspecified atom stereocenters.